The normalized spacial score (nSPS) is 10.0. The van der Waals surface area contributed by atoms with Crippen molar-refractivity contribution in [1.29, 1.82) is 0 Å². The first kappa shape index (κ1) is 24.3. The third-order valence-electron chi connectivity index (χ3n) is 2.48. The quantitative estimate of drug-likeness (QED) is 0.329. The molecule has 5 heteroatoms. The molecule has 18 heavy (non-hydrogen) atoms. The molecule has 0 rings (SSSR count). The number of halogens is 3. The second-order valence-electron chi connectivity index (χ2n) is 4.15. The van der Waals surface area contributed by atoms with Crippen molar-refractivity contribution in [2.45, 2.75) is 63.6 Å². The lowest BCUT2D eigenvalue weighted by molar-refractivity contribution is 0.686. The van der Waals surface area contributed by atoms with Crippen LogP contribution in [0.15, 0.2) is 0 Å². The molecule has 0 heterocycles. The summed E-state index contributed by atoms with van der Waals surface area (Å²) in [6.45, 7) is 6.94. The van der Waals surface area contributed by atoms with Crippen LogP contribution in [0.25, 0.3) is 0 Å². The number of hydrogen-bond donors (Lipinski definition) is 0. The van der Waals surface area contributed by atoms with Gasteiger partial charge in [0.2, 0.25) is 0 Å². The topological polar surface area (TPSA) is 28.5 Å². The molecule has 0 saturated carbocycles. The highest BCUT2D eigenvalue weighted by Gasteiger charge is 2.05. The predicted molar refractivity (Wildman–Crippen MR) is 88.3 cm³/mol. The number of alkyl halides is 3. The van der Waals surface area contributed by atoms with Crippen molar-refractivity contribution in [2.75, 3.05) is 18.5 Å². The van der Waals surface area contributed by atoms with Crippen molar-refractivity contribution < 1.29 is 5.48 Å². The van der Waals surface area contributed by atoms with E-state index < -0.39 is 4.30 Å². The first-order valence-electron chi connectivity index (χ1n) is 6.72. The molecule has 0 atom stereocenters. The Bertz CT molecular complexity index is 116. The van der Waals surface area contributed by atoms with Gasteiger partial charge in [-0.05, 0) is 37.7 Å². The lowest BCUT2D eigenvalue weighted by atomic mass is 10.4. The van der Waals surface area contributed by atoms with E-state index in [9.17, 15) is 0 Å². The number of unbranched alkanes of at least 4 members (excludes halogenated alkanes) is 3. The summed E-state index contributed by atoms with van der Waals surface area (Å²) in [5, 5.41) is 0. The zero-order valence-corrected chi connectivity index (χ0v) is 15.1. The third kappa shape index (κ3) is 26.0. The first-order valence-corrected chi connectivity index (χ1v) is 9.93. The van der Waals surface area contributed by atoms with Crippen LogP contribution in [0.3, 0.4) is 0 Å². The van der Waals surface area contributed by atoms with Crippen LogP contribution < -0.4 is 0 Å². The summed E-state index contributed by atoms with van der Waals surface area (Å²) < 4.78 is -0.750. The molecule has 0 aliphatic rings. The molecular weight excluding hydrogens is 309 g/mol. The zero-order chi connectivity index (χ0) is 13.5. The molecule has 0 unspecified atom stereocenters. The van der Waals surface area contributed by atoms with Crippen molar-refractivity contribution in [3.05, 3.63) is 0 Å². The van der Waals surface area contributed by atoms with Gasteiger partial charge in [-0.1, -0.05) is 74.8 Å². The van der Waals surface area contributed by atoms with Gasteiger partial charge in [-0.15, -0.1) is 7.92 Å². The minimum Gasteiger partial charge on any atom is -0.107 e. The lowest BCUT2D eigenvalue weighted by Crippen LogP contribution is -1.95. The van der Waals surface area contributed by atoms with Crippen LogP contribution in [-0.2, 0) is 5.48 Å². The van der Waals surface area contributed by atoms with Crippen molar-refractivity contribution >= 4 is 42.7 Å². The predicted octanol–water partition coefficient (Wildman–Crippen LogP) is 6.74. The van der Waals surface area contributed by atoms with Gasteiger partial charge in [-0.3, -0.25) is 0 Å². The number of hydrogen-bond acceptors (Lipinski definition) is 0. The largest absolute Gasteiger partial charge is 0.180 e. The van der Waals surface area contributed by atoms with E-state index >= 15 is 0 Å². The number of rotatable bonds is 9. The van der Waals surface area contributed by atoms with Crippen molar-refractivity contribution in [1.82, 2.24) is 0 Å². The molecular formula is C13H28Cl3OP. The fraction of sp³-hybridized carbons (Fsp3) is 1.00. The molecule has 112 valence electrons. The maximum Gasteiger partial charge on any atom is 0.180 e. The average molecular weight is 338 g/mol. The van der Waals surface area contributed by atoms with Gasteiger partial charge in [-0.25, -0.2) is 0 Å². The second-order valence-corrected chi connectivity index (χ2v) is 8.81. The van der Waals surface area contributed by atoms with Crippen LogP contribution in [0.1, 0.15) is 59.3 Å². The summed E-state index contributed by atoms with van der Waals surface area (Å²) in [5.74, 6) is 0. The molecule has 0 aliphatic heterocycles. The van der Waals surface area contributed by atoms with Crippen LogP contribution in [0, 0.1) is 0 Å². The Kier molecular flexibility index (Phi) is 27.8. The Morgan fingerprint density at radius 2 is 0.944 bits per heavy atom. The van der Waals surface area contributed by atoms with Crippen molar-refractivity contribution in [2.24, 2.45) is 0 Å². The highest BCUT2D eigenvalue weighted by molar-refractivity contribution is 7.57. The molecule has 0 aromatic heterocycles. The molecule has 0 amide bonds. The minimum absolute atomic E-state index is 0. The fourth-order valence-corrected chi connectivity index (χ4v) is 4.44. The van der Waals surface area contributed by atoms with Crippen molar-refractivity contribution in [3.63, 3.8) is 0 Å². The van der Waals surface area contributed by atoms with Gasteiger partial charge >= 0.3 is 0 Å². The monoisotopic (exact) mass is 336 g/mol. The van der Waals surface area contributed by atoms with E-state index in [1.807, 2.05) is 0 Å². The van der Waals surface area contributed by atoms with Gasteiger partial charge in [0.05, 0.1) is 0 Å². The molecule has 2 radical (unpaired) electrons. The van der Waals surface area contributed by atoms with Gasteiger partial charge < -0.3 is 0 Å². The molecule has 0 spiro atoms. The van der Waals surface area contributed by atoms with Gasteiger partial charge in [0.15, 0.2) is 4.30 Å². The Hall–Kier alpha value is 1.26. The summed E-state index contributed by atoms with van der Waals surface area (Å²) in [4.78, 5) is 0. The molecule has 0 aromatic carbocycles. The fourth-order valence-electron chi connectivity index (χ4n) is 1.48. The highest BCUT2D eigenvalue weighted by atomic mass is 35.6. The Morgan fingerprint density at radius 3 is 1.11 bits per heavy atom. The van der Waals surface area contributed by atoms with E-state index in [1.165, 1.54) is 38.5 Å². The highest BCUT2D eigenvalue weighted by Crippen LogP contribution is 2.38. The Balaban J connectivity index is -0.000000392. The van der Waals surface area contributed by atoms with Crippen LogP contribution >= 0.6 is 42.7 Å². The van der Waals surface area contributed by atoms with E-state index in [1.54, 1.807) is 18.5 Å². The van der Waals surface area contributed by atoms with Crippen LogP contribution in [-0.4, -0.2) is 22.8 Å². The molecule has 0 bridgehead atoms. The van der Waals surface area contributed by atoms with Crippen LogP contribution in [0.2, 0.25) is 0 Å². The molecule has 0 saturated heterocycles. The molecule has 0 aromatic rings. The lowest BCUT2D eigenvalue weighted by Gasteiger charge is -2.16. The van der Waals surface area contributed by atoms with E-state index in [-0.39, 0.29) is 5.48 Å². The SMILES string of the molecule is CCCCP(CCCC)CCCC.ClC(Cl)Cl.[O]. The Morgan fingerprint density at radius 1 is 0.722 bits per heavy atom. The maximum atomic E-state index is 4.81. The summed E-state index contributed by atoms with van der Waals surface area (Å²) in [6.07, 6.45) is 13.2. The van der Waals surface area contributed by atoms with Gasteiger partial charge in [0.25, 0.3) is 0 Å². The standard InChI is InChI=1S/C12H27P.CHCl3.O/c1-4-7-10-13(11-8-5-2)12-9-6-3;2-1(3)4;/h4-12H2,1-3H3;1H;. The summed E-state index contributed by atoms with van der Waals surface area (Å²) in [7, 11) is 0.422. The summed E-state index contributed by atoms with van der Waals surface area (Å²) in [6, 6.07) is 0. The second kappa shape index (κ2) is 20.6. The van der Waals surface area contributed by atoms with Crippen LogP contribution in [0.4, 0.5) is 0 Å². The minimum atomic E-state index is -0.750. The average Bonchev–Trinajstić information content (AvgIpc) is 2.27. The summed E-state index contributed by atoms with van der Waals surface area (Å²) in [5.41, 5.74) is 0. The molecule has 0 N–H and O–H groups in total. The Labute approximate surface area is 130 Å². The van der Waals surface area contributed by atoms with Crippen LogP contribution in [0.5, 0.6) is 0 Å². The van der Waals surface area contributed by atoms with Gasteiger partial charge in [0.1, 0.15) is 0 Å². The molecule has 1 nitrogen and oxygen atoms in total. The molecule has 0 aliphatic carbocycles. The summed E-state index contributed by atoms with van der Waals surface area (Å²) >= 11 is 14.4. The van der Waals surface area contributed by atoms with E-state index in [4.69, 9.17) is 34.8 Å². The van der Waals surface area contributed by atoms with E-state index in [0.717, 1.165) is 0 Å². The van der Waals surface area contributed by atoms with E-state index in [2.05, 4.69) is 20.8 Å². The smallest absolute Gasteiger partial charge is 0.107 e. The van der Waals surface area contributed by atoms with Gasteiger partial charge in [-0.2, -0.15) is 0 Å². The molecule has 0 fully saturated rings. The maximum absolute atomic E-state index is 4.81. The third-order valence-corrected chi connectivity index (χ3v) is 5.33. The van der Waals surface area contributed by atoms with Crippen molar-refractivity contribution in [3.8, 4) is 0 Å². The first-order chi connectivity index (χ1) is 8.08. The van der Waals surface area contributed by atoms with E-state index in [0.29, 0.717) is 7.92 Å². The zero-order valence-electron chi connectivity index (χ0n) is 11.9. The van der Waals surface area contributed by atoms with Gasteiger partial charge in [0, 0.05) is 5.48 Å².